The lowest BCUT2D eigenvalue weighted by atomic mass is 10.1. The number of rotatable bonds is 3. The molecule has 7 heteroatoms. The standard InChI is InChI=1S/C15H10F3N3O/c1-8(10-2-3-12(16)13(17)5-10)21-15(22)11-4-9(6-19)7-20-14(11)18/h2-5,7-8H,1H3,(H,21,22)/t8-/m0/s1. The number of pyridine rings is 1. The van der Waals surface area contributed by atoms with Crippen molar-refractivity contribution in [2.45, 2.75) is 13.0 Å². The van der Waals surface area contributed by atoms with E-state index in [9.17, 15) is 18.0 Å². The molecule has 1 aromatic carbocycles. The van der Waals surface area contributed by atoms with Crippen LogP contribution in [0.4, 0.5) is 13.2 Å². The van der Waals surface area contributed by atoms with Crippen LogP contribution in [-0.4, -0.2) is 10.9 Å². The van der Waals surface area contributed by atoms with Gasteiger partial charge in [-0.25, -0.2) is 13.8 Å². The molecule has 0 saturated carbocycles. The Morgan fingerprint density at radius 3 is 2.64 bits per heavy atom. The number of benzene rings is 1. The van der Waals surface area contributed by atoms with E-state index in [1.54, 1.807) is 6.07 Å². The number of hydrogen-bond acceptors (Lipinski definition) is 3. The molecule has 22 heavy (non-hydrogen) atoms. The first-order chi connectivity index (χ1) is 10.4. The van der Waals surface area contributed by atoms with Gasteiger partial charge in [-0.2, -0.15) is 9.65 Å². The van der Waals surface area contributed by atoms with Crippen LogP contribution in [0.15, 0.2) is 30.5 Å². The number of halogens is 3. The number of nitrogens with one attached hydrogen (secondary N) is 1. The van der Waals surface area contributed by atoms with Crippen molar-refractivity contribution in [1.82, 2.24) is 10.3 Å². The third kappa shape index (κ3) is 3.23. The molecule has 0 radical (unpaired) electrons. The van der Waals surface area contributed by atoms with E-state index < -0.39 is 35.1 Å². The first-order valence-electron chi connectivity index (χ1n) is 6.24. The highest BCUT2D eigenvalue weighted by Gasteiger charge is 2.17. The normalized spacial score (nSPS) is 11.6. The van der Waals surface area contributed by atoms with Gasteiger partial charge in [0.15, 0.2) is 11.6 Å². The molecule has 0 aliphatic heterocycles. The van der Waals surface area contributed by atoms with Gasteiger partial charge in [-0.05, 0) is 30.7 Å². The summed E-state index contributed by atoms with van der Waals surface area (Å²) in [5.41, 5.74) is -0.0439. The molecule has 1 N–H and O–H groups in total. The zero-order valence-electron chi connectivity index (χ0n) is 11.4. The Bertz CT molecular complexity index is 771. The van der Waals surface area contributed by atoms with Gasteiger partial charge in [0.25, 0.3) is 5.91 Å². The topological polar surface area (TPSA) is 65.8 Å². The summed E-state index contributed by atoms with van der Waals surface area (Å²) in [7, 11) is 0. The molecular formula is C15H10F3N3O. The van der Waals surface area contributed by atoms with Crippen LogP contribution in [0.3, 0.4) is 0 Å². The summed E-state index contributed by atoms with van der Waals surface area (Å²) in [4.78, 5) is 15.3. The summed E-state index contributed by atoms with van der Waals surface area (Å²) in [6.07, 6.45) is 1.00. The van der Waals surface area contributed by atoms with Crippen LogP contribution in [0.25, 0.3) is 0 Å². The highest BCUT2D eigenvalue weighted by molar-refractivity contribution is 5.94. The Morgan fingerprint density at radius 1 is 1.27 bits per heavy atom. The Kier molecular flexibility index (Phi) is 4.41. The van der Waals surface area contributed by atoms with Crippen LogP contribution in [0, 0.1) is 28.9 Å². The molecule has 2 rings (SSSR count). The van der Waals surface area contributed by atoms with E-state index >= 15 is 0 Å². The van der Waals surface area contributed by atoms with Gasteiger partial charge < -0.3 is 5.32 Å². The fourth-order valence-corrected chi connectivity index (χ4v) is 1.81. The van der Waals surface area contributed by atoms with Crippen molar-refractivity contribution in [2.24, 2.45) is 0 Å². The van der Waals surface area contributed by atoms with E-state index in [1.165, 1.54) is 13.0 Å². The average Bonchev–Trinajstić information content (AvgIpc) is 2.50. The summed E-state index contributed by atoms with van der Waals surface area (Å²) >= 11 is 0. The number of carbonyl (C=O) groups is 1. The van der Waals surface area contributed by atoms with E-state index in [0.717, 1.165) is 24.4 Å². The molecule has 2 aromatic rings. The Hall–Kier alpha value is -2.88. The molecular weight excluding hydrogens is 295 g/mol. The monoisotopic (exact) mass is 305 g/mol. The zero-order valence-corrected chi connectivity index (χ0v) is 11.4. The van der Waals surface area contributed by atoms with Gasteiger partial charge in [0.1, 0.15) is 6.07 Å². The van der Waals surface area contributed by atoms with E-state index in [0.29, 0.717) is 5.56 Å². The van der Waals surface area contributed by atoms with Crippen LogP contribution in [0.1, 0.15) is 34.5 Å². The molecule has 4 nitrogen and oxygen atoms in total. The van der Waals surface area contributed by atoms with Crippen LogP contribution in [0.5, 0.6) is 0 Å². The van der Waals surface area contributed by atoms with Gasteiger partial charge in [0.05, 0.1) is 17.2 Å². The average molecular weight is 305 g/mol. The first kappa shape index (κ1) is 15.5. The van der Waals surface area contributed by atoms with Crippen molar-refractivity contribution in [3.8, 4) is 6.07 Å². The molecule has 0 fully saturated rings. The fourth-order valence-electron chi connectivity index (χ4n) is 1.81. The van der Waals surface area contributed by atoms with Gasteiger partial charge in [-0.15, -0.1) is 0 Å². The van der Waals surface area contributed by atoms with Crippen molar-refractivity contribution < 1.29 is 18.0 Å². The second-order valence-electron chi connectivity index (χ2n) is 4.54. The van der Waals surface area contributed by atoms with E-state index in [2.05, 4.69) is 10.3 Å². The number of nitriles is 1. The van der Waals surface area contributed by atoms with Crippen LogP contribution < -0.4 is 5.32 Å². The van der Waals surface area contributed by atoms with Crippen molar-refractivity contribution >= 4 is 5.91 Å². The predicted molar refractivity (Wildman–Crippen MR) is 71.1 cm³/mol. The maximum Gasteiger partial charge on any atom is 0.256 e. The minimum absolute atomic E-state index is 0.0343. The summed E-state index contributed by atoms with van der Waals surface area (Å²) in [6.45, 7) is 1.53. The highest BCUT2D eigenvalue weighted by Crippen LogP contribution is 2.17. The van der Waals surface area contributed by atoms with Gasteiger partial charge in [-0.1, -0.05) is 6.07 Å². The summed E-state index contributed by atoms with van der Waals surface area (Å²) in [6, 6.07) is 5.32. The lowest BCUT2D eigenvalue weighted by Crippen LogP contribution is -2.28. The van der Waals surface area contributed by atoms with Crippen molar-refractivity contribution in [1.29, 1.82) is 5.26 Å². The molecule has 0 bridgehead atoms. The third-order valence-corrected chi connectivity index (χ3v) is 3.00. The van der Waals surface area contributed by atoms with E-state index in [-0.39, 0.29) is 5.56 Å². The van der Waals surface area contributed by atoms with Gasteiger partial charge in [-0.3, -0.25) is 4.79 Å². The van der Waals surface area contributed by atoms with E-state index in [1.807, 2.05) is 0 Å². The quantitative estimate of drug-likeness (QED) is 0.887. The molecule has 112 valence electrons. The number of carbonyl (C=O) groups excluding carboxylic acids is 1. The molecule has 1 aromatic heterocycles. The van der Waals surface area contributed by atoms with Crippen LogP contribution in [-0.2, 0) is 0 Å². The van der Waals surface area contributed by atoms with Crippen molar-refractivity contribution in [2.75, 3.05) is 0 Å². The second-order valence-corrected chi connectivity index (χ2v) is 4.54. The lowest BCUT2D eigenvalue weighted by Gasteiger charge is -2.14. The molecule has 0 spiro atoms. The zero-order chi connectivity index (χ0) is 16.3. The molecule has 0 aliphatic rings. The smallest absolute Gasteiger partial charge is 0.256 e. The van der Waals surface area contributed by atoms with Crippen molar-refractivity contribution in [3.63, 3.8) is 0 Å². The maximum atomic E-state index is 13.5. The summed E-state index contributed by atoms with van der Waals surface area (Å²) < 4.78 is 39.6. The maximum absolute atomic E-state index is 13.5. The minimum Gasteiger partial charge on any atom is -0.345 e. The van der Waals surface area contributed by atoms with Gasteiger partial charge in [0.2, 0.25) is 5.95 Å². The Morgan fingerprint density at radius 2 is 2.00 bits per heavy atom. The number of hydrogen-bond donors (Lipinski definition) is 1. The molecule has 0 aliphatic carbocycles. The highest BCUT2D eigenvalue weighted by atomic mass is 19.2. The predicted octanol–water partition coefficient (Wildman–Crippen LogP) is 2.86. The van der Waals surface area contributed by atoms with Crippen LogP contribution >= 0.6 is 0 Å². The summed E-state index contributed by atoms with van der Waals surface area (Å²) in [5, 5.41) is 11.2. The molecule has 0 saturated heterocycles. The van der Waals surface area contributed by atoms with E-state index in [4.69, 9.17) is 5.26 Å². The Labute approximate surface area is 124 Å². The number of amides is 1. The van der Waals surface area contributed by atoms with Crippen LogP contribution in [0.2, 0.25) is 0 Å². The molecule has 1 atom stereocenters. The minimum atomic E-state index is -1.04. The number of aromatic nitrogens is 1. The molecule has 1 amide bonds. The molecule has 0 unspecified atom stereocenters. The molecule has 1 heterocycles. The third-order valence-electron chi connectivity index (χ3n) is 3.00. The lowest BCUT2D eigenvalue weighted by molar-refractivity contribution is 0.0934. The van der Waals surface area contributed by atoms with Gasteiger partial charge >= 0.3 is 0 Å². The first-order valence-corrected chi connectivity index (χ1v) is 6.24. The SMILES string of the molecule is C[C@H](NC(=O)c1cc(C#N)cnc1F)c1ccc(F)c(F)c1. The largest absolute Gasteiger partial charge is 0.345 e. The summed E-state index contributed by atoms with van der Waals surface area (Å²) in [5.74, 6) is -3.87. The Balaban J connectivity index is 2.21. The number of nitrogens with zero attached hydrogens (tertiary/aromatic N) is 2. The van der Waals surface area contributed by atoms with Gasteiger partial charge in [0, 0.05) is 6.20 Å². The fraction of sp³-hybridized carbons (Fsp3) is 0.133. The second kappa shape index (κ2) is 6.26. The van der Waals surface area contributed by atoms with Crippen molar-refractivity contribution in [3.05, 3.63) is 64.7 Å².